The molecule has 1 aliphatic heterocycles. The van der Waals surface area contributed by atoms with E-state index in [1.165, 1.54) is 95.0 Å². The summed E-state index contributed by atoms with van der Waals surface area (Å²) in [6, 6.07) is -7.77. The molecule has 1 aromatic heterocycles. The minimum Gasteiger partial charge on any atom is -0.508 e. The number of benzene rings is 2. The fraction of sp³-hybridized carbons (Fsp3) is 0.676. The van der Waals surface area contributed by atoms with Gasteiger partial charge in [0.1, 0.15) is 90.3 Å². The van der Waals surface area contributed by atoms with Crippen LogP contribution < -0.4 is 113 Å². The molecule has 1 fully saturated rings. The Kier molecular flexibility index (Phi) is 60.8. The molecule has 30 N–H and O–H groups in total. The summed E-state index contributed by atoms with van der Waals surface area (Å²) >= 11 is 0. The lowest BCUT2D eigenvalue weighted by Gasteiger charge is -2.29. The first kappa shape index (κ1) is 128. The third-order valence-electron chi connectivity index (χ3n) is 25.1. The number of fused-ring (bicyclic) bond motifs is 1. The number of primary amides is 1. The number of aromatic nitrogens is 1. The molecule has 4 rings (SSSR count). The number of unbranched alkanes of at least 4 members (excludes halogenated alkanes) is 14. The number of aliphatic hydroxyl groups excluding tert-OH is 2. The Bertz CT molecular complexity index is 4710. The number of phenolic OH excluding ortho intramolecular Hbond substituents is 1. The molecule has 0 radical (unpaired) electrons. The molecule has 830 valence electrons. The van der Waals surface area contributed by atoms with Gasteiger partial charge in [0.05, 0.1) is 38.8 Å². The predicted molar refractivity (Wildman–Crippen MR) is 555 cm³/mol. The van der Waals surface area contributed by atoms with Gasteiger partial charge in [0.15, 0.2) is 0 Å². The Labute approximate surface area is 867 Å². The number of aliphatic hydroxyl groups is 2. The van der Waals surface area contributed by atoms with E-state index in [1.54, 1.807) is 65.9 Å². The Balaban J connectivity index is 1.44. The molecule has 148 heavy (non-hydrogen) atoms. The van der Waals surface area contributed by atoms with E-state index in [0.29, 0.717) is 81.9 Å². The summed E-state index contributed by atoms with van der Waals surface area (Å²) in [5.74, 6) is -18.0. The van der Waals surface area contributed by atoms with Crippen molar-refractivity contribution in [1.82, 2.24) is 100 Å². The highest BCUT2D eigenvalue weighted by Crippen LogP contribution is 2.24. The zero-order valence-electron chi connectivity index (χ0n) is 87.9. The zero-order valence-corrected chi connectivity index (χ0v) is 87.9. The average molecular weight is 2090 g/mol. The molecule has 1 saturated heterocycles. The number of carboxylic acid groups (broad SMARTS) is 1. The van der Waals surface area contributed by atoms with Crippen LogP contribution in [-0.2, 0) is 104 Å². The standard InChI is InChI=1S/C102H169N23O23/c1-11-12-13-14-15-16-17-18-19-20-21-40-84(130)108-48-31-27-37-72(93(138)118-74(102(147)148)38-26-30-47-105)116-91(136)71(35-24-28-45-103)115-92(137)73(36-25-29-46-104)117-100(145)82-39-32-49-125(82)87(133)59-111-90(135)75(50-61(2)3)119-94(139)76(51-62(4)5)120-96(141)78(53-66-41-43-68(128)44-42-66)113-86(132)58-110-89(134)64(8)112-99(144)81(60-126)123-97(142)80(55-83(106)129)121-95(140)77(52-63(6)7)122-101(146)88(65(9)127)124-98(143)79(114-85(131)57-107-10)54-67-56-109-70-34-23-22-33-69(67)70/h22-23,33-34,41-44,56,61-65,71-82,88,107,109,126-128H,11-21,24-32,35-40,45-55,57-60,103-105H2,1-10H3,(H2,106,129)(H,108,130)(H,110,134)(H,111,135)(H,112,144)(H,113,132)(H,114,131)(H,115,137)(H,116,136)(H,117,145)(H,118,138)(H,119,139)(H,120,141)(H,121,140)(H,122,146)(H,123,142)(H,124,143)(H,147,148)/t64-,65+,71-,72-,73-,74-,75-,76-,77-,78-,79-,80-,81-,82-,88-/m0/s1. The number of likely N-dealkylation sites (N-methyl/N-ethyl adjacent to an activating group) is 1. The minimum atomic E-state index is -1.90. The number of amides is 18. The first-order valence-corrected chi connectivity index (χ1v) is 52.4. The summed E-state index contributed by atoms with van der Waals surface area (Å²) in [5, 5.41) is 86.2. The quantitative estimate of drug-likeness (QED) is 0.0310. The van der Waals surface area contributed by atoms with Gasteiger partial charge >= 0.3 is 5.97 Å². The van der Waals surface area contributed by atoms with E-state index in [9.17, 15) is 112 Å². The maximum atomic E-state index is 14.6. The molecule has 0 spiro atoms. The molecule has 0 bridgehead atoms. The Morgan fingerprint density at radius 2 is 0.858 bits per heavy atom. The molecule has 0 aliphatic carbocycles. The molecule has 0 unspecified atom stereocenters. The molecular weight excluding hydrogens is 1920 g/mol. The van der Waals surface area contributed by atoms with Crippen molar-refractivity contribution in [2.75, 3.05) is 66.0 Å². The Morgan fingerprint density at radius 1 is 0.426 bits per heavy atom. The number of hydrogen-bond acceptors (Lipinski definition) is 26. The number of carboxylic acids is 1. The lowest BCUT2D eigenvalue weighted by atomic mass is 9.99. The number of aromatic amines is 1. The topological polar surface area (TPSA) is 733 Å². The number of nitrogens with two attached hydrogens (primary N) is 4. The van der Waals surface area contributed by atoms with Gasteiger partial charge in [-0.25, -0.2) is 4.79 Å². The summed E-state index contributed by atoms with van der Waals surface area (Å²) in [7, 11) is 1.52. The largest absolute Gasteiger partial charge is 0.508 e. The predicted octanol–water partition coefficient (Wildman–Crippen LogP) is -0.730. The van der Waals surface area contributed by atoms with Gasteiger partial charge in [-0.1, -0.05) is 143 Å². The lowest BCUT2D eigenvalue weighted by molar-refractivity contribution is -0.142. The zero-order chi connectivity index (χ0) is 110. The van der Waals surface area contributed by atoms with E-state index in [2.05, 4.69) is 102 Å². The van der Waals surface area contributed by atoms with Crippen molar-refractivity contribution in [1.29, 1.82) is 0 Å². The lowest BCUT2D eigenvalue weighted by Crippen LogP contribution is -2.62. The van der Waals surface area contributed by atoms with E-state index in [0.717, 1.165) is 36.6 Å². The third-order valence-corrected chi connectivity index (χ3v) is 25.1. The van der Waals surface area contributed by atoms with Crippen molar-refractivity contribution in [3.05, 3.63) is 65.9 Å². The fourth-order valence-electron chi connectivity index (χ4n) is 17.0. The number of aliphatic carboxylic acids is 1. The number of likely N-dealkylation sites (tertiary alicyclic amines) is 1. The second kappa shape index (κ2) is 70.4. The molecule has 2 heterocycles. The van der Waals surface area contributed by atoms with Crippen LogP contribution >= 0.6 is 0 Å². The van der Waals surface area contributed by atoms with Gasteiger partial charge in [-0.15, -0.1) is 0 Å². The molecule has 46 heteroatoms. The van der Waals surface area contributed by atoms with Gasteiger partial charge in [-0.2, -0.15) is 0 Å². The number of aromatic hydroxyl groups is 1. The number of phenols is 1. The van der Waals surface area contributed by atoms with Crippen molar-refractivity contribution in [3.8, 4) is 5.75 Å². The third kappa shape index (κ3) is 49.1. The van der Waals surface area contributed by atoms with Crippen molar-refractivity contribution >= 4 is 123 Å². The summed E-state index contributed by atoms with van der Waals surface area (Å²) in [4.78, 5) is 268. The first-order chi connectivity index (χ1) is 70.5. The van der Waals surface area contributed by atoms with E-state index in [4.69, 9.17) is 22.9 Å². The highest BCUT2D eigenvalue weighted by molar-refractivity contribution is 6.02. The highest BCUT2D eigenvalue weighted by Gasteiger charge is 2.41. The Morgan fingerprint density at radius 3 is 1.37 bits per heavy atom. The van der Waals surface area contributed by atoms with Crippen LogP contribution in [0.15, 0.2) is 54.7 Å². The van der Waals surface area contributed by atoms with E-state index in [-0.39, 0.29) is 126 Å². The monoisotopic (exact) mass is 2080 g/mol. The number of nitrogens with one attached hydrogen (secondary N) is 18. The number of para-hydroxylation sites is 1. The molecule has 2 aromatic carbocycles. The van der Waals surface area contributed by atoms with Crippen LogP contribution in [-0.4, -0.2) is 299 Å². The maximum Gasteiger partial charge on any atom is 0.326 e. The van der Waals surface area contributed by atoms with Gasteiger partial charge < -0.3 is 144 Å². The molecule has 1 aliphatic rings. The van der Waals surface area contributed by atoms with Crippen LogP contribution in [0.25, 0.3) is 10.9 Å². The summed E-state index contributed by atoms with van der Waals surface area (Å²) in [6.45, 7) is 13.2. The van der Waals surface area contributed by atoms with Crippen molar-refractivity contribution < 1.29 is 112 Å². The van der Waals surface area contributed by atoms with E-state index in [1.807, 2.05) is 6.07 Å². The maximum absolute atomic E-state index is 14.6. The minimum absolute atomic E-state index is 0.00371. The Hall–Kier alpha value is -12.5. The van der Waals surface area contributed by atoms with Gasteiger partial charge in [0.2, 0.25) is 106 Å². The summed E-state index contributed by atoms with van der Waals surface area (Å²) in [5.41, 5.74) is 24.7. The van der Waals surface area contributed by atoms with Crippen LogP contribution in [0.4, 0.5) is 0 Å². The smallest absolute Gasteiger partial charge is 0.326 e. The van der Waals surface area contributed by atoms with E-state index >= 15 is 0 Å². The van der Waals surface area contributed by atoms with Gasteiger partial charge in [-0.3, -0.25) is 86.3 Å². The van der Waals surface area contributed by atoms with E-state index < -0.39 is 223 Å². The van der Waals surface area contributed by atoms with Crippen LogP contribution in [0.3, 0.4) is 0 Å². The molecule has 3 aromatic rings. The van der Waals surface area contributed by atoms with Crippen molar-refractivity contribution in [2.24, 2.45) is 40.7 Å². The number of carbonyl (C=O) groups is 19. The second-order valence-corrected chi connectivity index (χ2v) is 39.5. The molecule has 15 atom stereocenters. The number of rotatable bonds is 76. The van der Waals surface area contributed by atoms with Gasteiger partial charge in [0, 0.05) is 49.5 Å². The number of carbonyl (C=O) groups excluding carboxylic acids is 18. The number of H-pyrrole nitrogens is 1. The SMILES string of the molecule is CCCCCCCCCCCCCC(=O)NCCCC[C@H](NC(=O)[C@H](CCCCN)NC(=O)[C@H](CCCCN)NC(=O)[C@@H]1CCCN1C(=O)CNC(=O)[C@H](CC(C)C)NC(=O)[C@H](CC(C)C)NC(=O)[C@H](Cc1ccc(O)cc1)NC(=O)CNC(=O)[C@H](C)NC(=O)[C@H](CO)NC(=O)[C@H](CC(N)=O)NC(=O)[C@H](CC(C)C)NC(=O)[C@@H](NC(=O)[C@H](Cc1c[nH]c2ccccc12)NC(=O)CNC)[C@@H](C)O)C(=O)N[C@@H](CCCCN)C(=O)O. The van der Waals surface area contributed by atoms with Gasteiger partial charge in [-0.05, 0) is 203 Å². The van der Waals surface area contributed by atoms with Gasteiger partial charge in [0.25, 0.3) is 0 Å². The fourth-order valence-corrected chi connectivity index (χ4v) is 17.0. The first-order valence-electron chi connectivity index (χ1n) is 52.4. The van der Waals surface area contributed by atoms with Crippen LogP contribution in [0.2, 0.25) is 0 Å². The highest BCUT2D eigenvalue weighted by atomic mass is 16.4. The van der Waals surface area contributed by atoms with Crippen molar-refractivity contribution in [3.63, 3.8) is 0 Å². The number of nitrogens with zero attached hydrogens (tertiary/aromatic N) is 1. The second-order valence-electron chi connectivity index (χ2n) is 39.5. The number of hydrogen-bond donors (Lipinski definition) is 26. The van der Waals surface area contributed by atoms with Crippen LogP contribution in [0.1, 0.15) is 266 Å². The molecule has 18 amide bonds. The molecular formula is C102H169N23O23. The average Bonchev–Trinajstić information content (AvgIpc) is 1.67. The normalized spacial score (nSPS) is 15.2. The summed E-state index contributed by atoms with van der Waals surface area (Å²) in [6.07, 6.45) is 15.3. The molecule has 0 saturated carbocycles. The van der Waals surface area contributed by atoms with Crippen LogP contribution in [0.5, 0.6) is 5.75 Å². The van der Waals surface area contributed by atoms with Crippen LogP contribution in [0, 0.1) is 17.8 Å². The summed E-state index contributed by atoms with van der Waals surface area (Å²) < 4.78 is 0. The van der Waals surface area contributed by atoms with Crippen molar-refractivity contribution in [2.45, 2.75) is 358 Å². The molecule has 46 nitrogen and oxygen atoms in total.